The molecule has 0 bridgehead atoms. The average Bonchev–Trinajstić information content (AvgIpc) is 2.80. The molecule has 0 radical (unpaired) electrons. The molecule has 3 aromatic carbocycles. The molecule has 0 aliphatic heterocycles. The van der Waals surface area contributed by atoms with Crippen LogP contribution in [0.5, 0.6) is 0 Å². The topological polar surface area (TPSA) is 99.3 Å². The van der Waals surface area contributed by atoms with Crippen LogP contribution in [0.25, 0.3) is 0 Å². The van der Waals surface area contributed by atoms with E-state index in [1.807, 2.05) is 25.1 Å². The van der Waals surface area contributed by atoms with Crippen LogP contribution in [-0.2, 0) is 9.59 Å². The van der Waals surface area contributed by atoms with Gasteiger partial charge in [-0.05, 0) is 55.0 Å². The maximum Gasteiger partial charge on any atom is 0.255 e. The van der Waals surface area contributed by atoms with Gasteiger partial charge >= 0.3 is 0 Å². The zero-order chi connectivity index (χ0) is 22.9. The molecule has 164 valence electrons. The van der Waals surface area contributed by atoms with Crippen LogP contribution in [0.2, 0.25) is 0 Å². The summed E-state index contributed by atoms with van der Waals surface area (Å²) in [5.74, 6) is -0.524. The van der Waals surface area contributed by atoms with E-state index >= 15 is 0 Å². The lowest BCUT2D eigenvalue weighted by Crippen LogP contribution is -2.22. The van der Waals surface area contributed by atoms with Crippen molar-refractivity contribution in [2.45, 2.75) is 20.3 Å². The molecule has 0 fully saturated rings. The summed E-state index contributed by atoms with van der Waals surface area (Å²) in [6.07, 6.45) is 0.380. The van der Waals surface area contributed by atoms with E-state index in [2.05, 4.69) is 21.3 Å². The molecule has 0 saturated heterocycles. The molecule has 3 aromatic rings. The van der Waals surface area contributed by atoms with Crippen molar-refractivity contribution in [3.63, 3.8) is 0 Å². The van der Waals surface area contributed by atoms with Gasteiger partial charge in [0.2, 0.25) is 11.8 Å². The lowest BCUT2D eigenvalue weighted by molar-refractivity contribution is -0.116. The number of nitrogens with one attached hydrogen (secondary N) is 4. The van der Waals surface area contributed by atoms with Gasteiger partial charge in [-0.15, -0.1) is 0 Å². The first-order valence-electron chi connectivity index (χ1n) is 10.4. The van der Waals surface area contributed by atoms with Crippen LogP contribution in [-0.4, -0.2) is 24.3 Å². The summed E-state index contributed by atoms with van der Waals surface area (Å²) in [4.78, 5) is 36.4. The first-order valence-corrected chi connectivity index (χ1v) is 10.4. The van der Waals surface area contributed by atoms with Crippen LogP contribution in [0.3, 0.4) is 0 Å². The number of aryl methyl sites for hydroxylation is 1. The van der Waals surface area contributed by atoms with Crippen LogP contribution >= 0.6 is 0 Å². The number of hydrogen-bond acceptors (Lipinski definition) is 4. The van der Waals surface area contributed by atoms with Crippen LogP contribution in [0.1, 0.15) is 29.3 Å². The summed E-state index contributed by atoms with van der Waals surface area (Å²) in [7, 11) is 0. The first-order chi connectivity index (χ1) is 15.4. The Hall–Kier alpha value is -4.13. The fourth-order valence-corrected chi connectivity index (χ4v) is 2.96. The third-order valence-corrected chi connectivity index (χ3v) is 4.73. The van der Waals surface area contributed by atoms with Crippen LogP contribution in [0.4, 0.5) is 22.7 Å². The lowest BCUT2D eigenvalue weighted by atomic mass is 10.1. The van der Waals surface area contributed by atoms with Gasteiger partial charge in [0.25, 0.3) is 5.91 Å². The van der Waals surface area contributed by atoms with Crippen molar-refractivity contribution in [1.82, 2.24) is 0 Å². The minimum Gasteiger partial charge on any atom is -0.376 e. The Morgan fingerprint density at radius 2 is 1.44 bits per heavy atom. The number of carbonyl (C=O) groups is 3. The van der Waals surface area contributed by atoms with E-state index in [9.17, 15) is 14.4 Å². The van der Waals surface area contributed by atoms with Crippen molar-refractivity contribution >= 4 is 40.5 Å². The monoisotopic (exact) mass is 430 g/mol. The number of benzene rings is 3. The van der Waals surface area contributed by atoms with Crippen LogP contribution in [0, 0.1) is 6.92 Å². The number of rotatable bonds is 8. The van der Waals surface area contributed by atoms with E-state index in [1.54, 1.807) is 61.5 Å². The molecule has 0 saturated carbocycles. The normalized spacial score (nSPS) is 10.2. The minimum absolute atomic E-state index is 0.0423. The summed E-state index contributed by atoms with van der Waals surface area (Å²) in [5, 5.41) is 11.5. The van der Waals surface area contributed by atoms with Crippen LogP contribution in [0.15, 0.2) is 72.8 Å². The summed E-state index contributed by atoms with van der Waals surface area (Å²) in [6.45, 7) is 3.71. The van der Waals surface area contributed by atoms with E-state index < -0.39 is 0 Å². The Labute approximate surface area is 187 Å². The molecule has 0 aliphatic carbocycles. The Balaban J connectivity index is 1.56. The molecular formula is C25H26N4O3. The fourth-order valence-electron chi connectivity index (χ4n) is 2.96. The lowest BCUT2D eigenvalue weighted by Gasteiger charge is -2.12. The number of amides is 3. The highest BCUT2D eigenvalue weighted by Crippen LogP contribution is 2.21. The van der Waals surface area contributed by atoms with Gasteiger partial charge < -0.3 is 21.3 Å². The minimum atomic E-state index is -0.236. The summed E-state index contributed by atoms with van der Waals surface area (Å²) in [6, 6.07) is 21.5. The van der Waals surface area contributed by atoms with Gasteiger partial charge in [0.15, 0.2) is 0 Å². The van der Waals surface area contributed by atoms with Crippen molar-refractivity contribution in [1.29, 1.82) is 0 Å². The third kappa shape index (κ3) is 6.43. The van der Waals surface area contributed by atoms with Gasteiger partial charge in [-0.3, -0.25) is 14.4 Å². The highest BCUT2D eigenvalue weighted by Gasteiger charge is 2.08. The van der Waals surface area contributed by atoms with E-state index in [-0.39, 0.29) is 24.3 Å². The molecule has 4 N–H and O–H groups in total. The van der Waals surface area contributed by atoms with E-state index in [0.717, 1.165) is 5.56 Å². The molecule has 7 nitrogen and oxygen atoms in total. The highest BCUT2D eigenvalue weighted by atomic mass is 16.2. The van der Waals surface area contributed by atoms with E-state index in [0.29, 0.717) is 34.7 Å². The smallest absolute Gasteiger partial charge is 0.255 e. The zero-order valence-corrected chi connectivity index (χ0v) is 18.1. The quantitative estimate of drug-likeness (QED) is 0.418. The predicted octanol–water partition coefficient (Wildman–Crippen LogP) is 4.65. The van der Waals surface area contributed by atoms with Crippen molar-refractivity contribution < 1.29 is 14.4 Å². The van der Waals surface area contributed by atoms with Crippen molar-refractivity contribution in [2.24, 2.45) is 0 Å². The third-order valence-electron chi connectivity index (χ3n) is 4.73. The average molecular weight is 431 g/mol. The molecule has 3 amide bonds. The van der Waals surface area contributed by atoms with Gasteiger partial charge in [0.05, 0.1) is 6.54 Å². The molecule has 0 aliphatic rings. The Morgan fingerprint density at radius 1 is 0.719 bits per heavy atom. The molecule has 0 spiro atoms. The summed E-state index contributed by atoms with van der Waals surface area (Å²) in [5.41, 5.74) is 4.07. The molecule has 0 aromatic heterocycles. The van der Waals surface area contributed by atoms with E-state index in [1.165, 1.54) is 0 Å². The molecule has 32 heavy (non-hydrogen) atoms. The largest absolute Gasteiger partial charge is 0.376 e. The van der Waals surface area contributed by atoms with Crippen molar-refractivity contribution in [3.8, 4) is 0 Å². The predicted molar refractivity (Wildman–Crippen MR) is 128 cm³/mol. The molecule has 0 unspecified atom stereocenters. The molecule has 3 rings (SSSR count). The Kier molecular flexibility index (Phi) is 7.59. The van der Waals surface area contributed by atoms with E-state index in [4.69, 9.17) is 0 Å². The second kappa shape index (κ2) is 10.8. The summed E-state index contributed by atoms with van der Waals surface area (Å²) < 4.78 is 0. The molecular weight excluding hydrogens is 404 g/mol. The van der Waals surface area contributed by atoms with Crippen LogP contribution < -0.4 is 21.3 Å². The SMILES string of the molecule is CCC(=O)Nc1cc(NC(=O)CNc2cccc(NC(=O)c3ccccc3)c2)ccc1C. The standard InChI is InChI=1S/C25H26N4O3/c1-3-23(30)29-22-15-21(13-12-17(22)2)27-24(31)16-26-19-10-7-11-20(14-19)28-25(32)18-8-5-4-6-9-18/h4-15,26H,3,16H2,1-2H3,(H,27,31)(H,28,32)(H,29,30). The van der Waals surface area contributed by atoms with Gasteiger partial charge in [0, 0.05) is 34.7 Å². The van der Waals surface area contributed by atoms with Gasteiger partial charge in [-0.1, -0.05) is 37.3 Å². The molecule has 0 atom stereocenters. The summed E-state index contributed by atoms with van der Waals surface area (Å²) >= 11 is 0. The number of anilines is 4. The van der Waals surface area contributed by atoms with Gasteiger partial charge in [-0.25, -0.2) is 0 Å². The van der Waals surface area contributed by atoms with Crippen molar-refractivity contribution in [3.05, 3.63) is 83.9 Å². The highest BCUT2D eigenvalue weighted by molar-refractivity contribution is 6.04. The second-order valence-electron chi connectivity index (χ2n) is 7.23. The Morgan fingerprint density at radius 3 is 2.19 bits per heavy atom. The molecule has 7 heteroatoms. The Bertz CT molecular complexity index is 1110. The van der Waals surface area contributed by atoms with Gasteiger partial charge in [0.1, 0.15) is 0 Å². The maximum atomic E-state index is 12.4. The first kappa shape index (κ1) is 22.6. The van der Waals surface area contributed by atoms with Gasteiger partial charge in [-0.2, -0.15) is 0 Å². The van der Waals surface area contributed by atoms with Crippen molar-refractivity contribution in [2.75, 3.05) is 27.8 Å². The number of carbonyl (C=O) groups excluding carboxylic acids is 3. The number of hydrogen-bond donors (Lipinski definition) is 4. The molecule has 0 heterocycles. The zero-order valence-electron chi connectivity index (χ0n) is 18.1. The second-order valence-corrected chi connectivity index (χ2v) is 7.23. The fraction of sp³-hybridized carbons (Fsp3) is 0.160. The maximum absolute atomic E-state index is 12.4.